The zero-order valence-corrected chi connectivity index (χ0v) is 12.9. The van der Waals surface area contributed by atoms with Crippen molar-refractivity contribution in [2.24, 2.45) is 0 Å². The molecule has 0 spiro atoms. The standard InChI is InChI=1S/C16H21ClN2O/c1-4-6-11(2)18-16(20)12(3)19-10-9-13-14(17)7-5-8-15(13)19/h5,7-12H,4,6H2,1-3H3,(H,18,20). The number of carbonyl (C=O) groups excluding carboxylic acids is 1. The van der Waals surface area contributed by atoms with Crippen molar-refractivity contribution >= 4 is 28.4 Å². The Labute approximate surface area is 124 Å². The van der Waals surface area contributed by atoms with Gasteiger partial charge < -0.3 is 9.88 Å². The molecule has 2 aromatic rings. The summed E-state index contributed by atoms with van der Waals surface area (Å²) in [5.74, 6) is 0.0448. The Balaban J connectivity index is 2.21. The molecule has 0 bridgehead atoms. The molecule has 1 heterocycles. The van der Waals surface area contributed by atoms with E-state index in [1.54, 1.807) is 0 Å². The third kappa shape index (κ3) is 2.98. The van der Waals surface area contributed by atoms with Crippen molar-refractivity contribution in [1.29, 1.82) is 0 Å². The van der Waals surface area contributed by atoms with E-state index in [-0.39, 0.29) is 18.0 Å². The van der Waals surface area contributed by atoms with Gasteiger partial charge in [0.15, 0.2) is 0 Å². The Morgan fingerprint density at radius 1 is 1.35 bits per heavy atom. The van der Waals surface area contributed by atoms with E-state index in [0.717, 1.165) is 23.7 Å². The summed E-state index contributed by atoms with van der Waals surface area (Å²) in [6, 6.07) is 7.68. The SMILES string of the molecule is CCCC(C)NC(=O)C(C)n1ccc2c(Cl)cccc21. The monoisotopic (exact) mass is 292 g/mol. The molecule has 2 atom stereocenters. The molecular formula is C16H21ClN2O. The largest absolute Gasteiger partial charge is 0.352 e. The lowest BCUT2D eigenvalue weighted by Crippen LogP contribution is -2.37. The molecule has 0 aliphatic carbocycles. The van der Waals surface area contributed by atoms with Crippen LogP contribution in [0.3, 0.4) is 0 Å². The Kier molecular flexibility index (Phi) is 4.71. The zero-order chi connectivity index (χ0) is 14.7. The molecule has 0 radical (unpaired) electrons. The first-order valence-electron chi connectivity index (χ1n) is 7.10. The molecule has 0 saturated heterocycles. The highest BCUT2D eigenvalue weighted by Crippen LogP contribution is 2.26. The molecule has 108 valence electrons. The predicted molar refractivity (Wildman–Crippen MR) is 84.2 cm³/mol. The Morgan fingerprint density at radius 3 is 2.80 bits per heavy atom. The molecule has 1 aromatic carbocycles. The summed E-state index contributed by atoms with van der Waals surface area (Å²) in [5, 5.41) is 4.75. The maximum atomic E-state index is 12.3. The van der Waals surface area contributed by atoms with Crippen LogP contribution in [0.2, 0.25) is 5.02 Å². The van der Waals surface area contributed by atoms with E-state index in [2.05, 4.69) is 12.2 Å². The number of nitrogens with zero attached hydrogens (tertiary/aromatic N) is 1. The number of carbonyl (C=O) groups is 1. The fraction of sp³-hybridized carbons (Fsp3) is 0.438. The molecule has 4 heteroatoms. The van der Waals surface area contributed by atoms with Crippen LogP contribution in [-0.4, -0.2) is 16.5 Å². The number of nitrogens with one attached hydrogen (secondary N) is 1. The van der Waals surface area contributed by atoms with Gasteiger partial charge in [-0.25, -0.2) is 0 Å². The lowest BCUT2D eigenvalue weighted by molar-refractivity contribution is -0.124. The number of benzene rings is 1. The average molecular weight is 293 g/mol. The molecule has 20 heavy (non-hydrogen) atoms. The van der Waals surface area contributed by atoms with Gasteiger partial charge in [0.05, 0.1) is 5.52 Å². The Hall–Kier alpha value is -1.48. The number of halogens is 1. The first-order chi connectivity index (χ1) is 9.54. The maximum Gasteiger partial charge on any atom is 0.242 e. The topological polar surface area (TPSA) is 34.0 Å². The van der Waals surface area contributed by atoms with Crippen molar-refractivity contribution < 1.29 is 4.79 Å². The molecule has 1 aromatic heterocycles. The summed E-state index contributed by atoms with van der Waals surface area (Å²) in [4.78, 5) is 12.3. The smallest absolute Gasteiger partial charge is 0.242 e. The third-order valence-corrected chi connectivity index (χ3v) is 3.95. The van der Waals surface area contributed by atoms with E-state index in [1.165, 1.54) is 0 Å². The molecule has 2 unspecified atom stereocenters. The number of aromatic nitrogens is 1. The number of hydrogen-bond acceptors (Lipinski definition) is 1. The Morgan fingerprint density at radius 2 is 2.10 bits per heavy atom. The molecule has 0 aliphatic heterocycles. The van der Waals surface area contributed by atoms with Gasteiger partial charge in [-0.3, -0.25) is 4.79 Å². The molecule has 0 saturated carbocycles. The van der Waals surface area contributed by atoms with Crippen LogP contribution in [0.5, 0.6) is 0 Å². The van der Waals surface area contributed by atoms with Crippen LogP contribution >= 0.6 is 11.6 Å². The molecule has 1 N–H and O–H groups in total. The minimum Gasteiger partial charge on any atom is -0.352 e. The summed E-state index contributed by atoms with van der Waals surface area (Å²) < 4.78 is 1.97. The van der Waals surface area contributed by atoms with E-state index in [4.69, 9.17) is 11.6 Å². The number of hydrogen-bond donors (Lipinski definition) is 1. The van der Waals surface area contributed by atoms with Crippen molar-refractivity contribution in [3.05, 3.63) is 35.5 Å². The van der Waals surface area contributed by atoms with Crippen LogP contribution in [0.4, 0.5) is 0 Å². The van der Waals surface area contributed by atoms with Crippen LogP contribution in [0.15, 0.2) is 30.5 Å². The fourth-order valence-corrected chi connectivity index (χ4v) is 2.72. The minimum atomic E-state index is -0.245. The zero-order valence-electron chi connectivity index (χ0n) is 12.2. The maximum absolute atomic E-state index is 12.3. The summed E-state index contributed by atoms with van der Waals surface area (Å²) >= 11 is 6.17. The van der Waals surface area contributed by atoms with Gasteiger partial charge in [-0.2, -0.15) is 0 Å². The van der Waals surface area contributed by atoms with Gasteiger partial charge in [-0.15, -0.1) is 0 Å². The van der Waals surface area contributed by atoms with Gasteiger partial charge in [0.1, 0.15) is 6.04 Å². The third-order valence-electron chi connectivity index (χ3n) is 3.62. The van der Waals surface area contributed by atoms with E-state index in [1.807, 2.05) is 48.9 Å². The highest BCUT2D eigenvalue weighted by atomic mass is 35.5. The van der Waals surface area contributed by atoms with E-state index in [9.17, 15) is 4.79 Å². The summed E-state index contributed by atoms with van der Waals surface area (Å²) in [5.41, 5.74) is 0.989. The second kappa shape index (κ2) is 6.31. The van der Waals surface area contributed by atoms with Crippen LogP contribution in [0.25, 0.3) is 10.9 Å². The summed E-state index contributed by atoms with van der Waals surface area (Å²) in [6.45, 7) is 6.07. The van der Waals surface area contributed by atoms with Crippen LogP contribution in [0, 0.1) is 0 Å². The molecule has 0 fully saturated rings. The van der Waals surface area contributed by atoms with Crippen molar-refractivity contribution in [2.45, 2.75) is 45.7 Å². The molecule has 1 amide bonds. The number of rotatable bonds is 5. The minimum absolute atomic E-state index is 0.0448. The normalized spacial score (nSPS) is 14.2. The highest BCUT2D eigenvalue weighted by Gasteiger charge is 2.18. The quantitative estimate of drug-likeness (QED) is 0.882. The van der Waals surface area contributed by atoms with E-state index >= 15 is 0 Å². The summed E-state index contributed by atoms with van der Waals surface area (Å²) in [7, 11) is 0. The van der Waals surface area contributed by atoms with Crippen molar-refractivity contribution in [3.63, 3.8) is 0 Å². The van der Waals surface area contributed by atoms with Crippen molar-refractivity contribution in [3.8, 4) is 0 Å². The number of fused-ring (bicyclic) bond motifs is 1. The van der Waals surface area contributed by atoms with Gasteiger partial charge in [0.2, 0.25) is 5.91 Å². The van der Waals surface area contributed by atoms with Gasteiger partial charge in [-0.1, -0.05) is 31.0 Å². The average Bonchev–Trinajstić information content (AvgIpc) is 2.83. The molecular weight excluding hydrogens is 272 g/mol. The van der Waals surface area contributed by atoms with Gasteiger partial charge in [0, 0.05) is 22.6 Å². The van der Waals surface area contributed by atoms with Crippen molar-refractivity contribution in [2.75, 3.05) is 0 Å². The second-order valence-corrected chi connectivity index (χ2v) is 5.68. The Bertz CT molecular complexity index is 606. The van der Waals surface area contributed by atoms with Crippen molar-refractivity contribution in [1.82, 2.24) is 9.88 Å². The molecule has 3 nitrogen and oxygen atoms in total. The van der Waals surface area contributed by atoms with E-state index < -0.39 is 0 Å². The van der Waals surface area contributed by atoms with Gasteiger partial charge in [-0.05, 0) is 38.5 Å². The molecule has 0 aliphatic rings. The van der Waals surface area contributed by atoms with Crippen LogP contribution < -0.4 is 5.32 Å². The molecule has 2 rings (SSSR count). The fourth-order valence-electron chi connectivity index (χ4n) is 2.48. The lowest BCUT2D eigenvalue weighted by Gasteiger charge is -2.19. The highest BCUT2D eigenvalue weighted by molar-refractivity contribution is 6.35. The second-order valence-electron chi connectivity index (χ2n) is 5.27. The van der Waals surface area contributed by atoms with E-state index in [0.29, 0.717) is 5.02 Å². The summed E-state index contributed by atoms with van der Waals surface area (Å²) in [6.07, 6.45) is 3.99. The predicted octanol–water partition coefficient (Wildman–Crippen LogP) is 4.16. The van der Waals surface area contributed by atoms with Crippen LogP contribution in [0.1, 0.15) is 39.7 Å². The lowest BCUT2D eigenvalue weighted by atomic mass is 10.2. The van der Waals surface area contributed by atoms with Gasteiger partial charge in [0.25, 0.3) is 0 Å². The van der Waals surface area contributed by atoms with Crippen LogP contribution in [-0.2, 0) is 4.79 Å². The number of amides is 1. The van der Waals surface area contributed by atoms with Gasteiger partial charge >= 0.3 is 0 Å². The first kappa shape index (κ1) is 14.9. The first-order valence-corrected chi connectivity index (χ1v) is 7.47.